The Morgan fingerprint density at radius 1 is 1.13 bits per heavy atom. The molecule has 1 aromatic carbocycles. The minimum Gasteiger partial charge on any atom is -0.382 e. The quantitative estimate of drug-likeness (QED) is 0.773. The van der Waals surface area contributed by atoms with Crippen LogP contribution in [-0.2, 0) is 7.05 Å². The topological polar surface area (TPSA) is 50.9 Å². The zero-order chi connectivity index (χ0) is 16.6. The molecular formula is C17H15Cl2N3O. The molecule has 3 rings (SSSR count). The lowest BCUT2D eigenvalue weighted by Gasteiger charge is -2.12. The van der Waals surface area contributed by atoms with Crippen LogP contribution in [0.3, 0.4) is 0 Å². The minimum atomic E-state index is -0.895. The van der Waals surface area contributed by atoms with Crippen molar-refractivity contribution in [3.63, 3.8) is 0 Å². The average Bonchev–Trinajstić information content (AvgIpc) is 2.91. The zero-order valence-electron chi connectivity index (χ0n) is 12.7. The first-order chi connectivity index (χ1) is 11.0. The van der Waals surface area contributed by atoms with Crippen molar-refractivity contribution in [1.82, 2.24) is 14.8 Å². The molecule has 1 N–H and O–H groups in total. The number of nitrogens with zero attached hydrogens (tertiary/aromatic N) is 3. The molecule has 0 spiro atoms. The third-order valence-electron chi connectivity index (χ3n) is 3.69. The standard InChI is InChI=1S/C17H15Cl2N3O/c1-10-8-20-6-5-12(10)13-9-22(2)21-16(13)17(23)11-3-4-14(18)15(19)7-11/h3-9,17,23H,1-2H3. The monoisotopic (exact) mass is 347 g/mol. The van der Waals surface area contributed by atoms with Gasteiger partial charge in [0.15, 0.2) is 0 Å². The Morgan fingerprint density at radius 2 is 1.91 bits per heavy atom. The Kier molecular flexibility index (Phi) is 4.39. The predicted molar refractivity (Wildman–Crippen MR) is 91.7 cm³/mol. The Morgan fingerprint density at radius 3 is 2.61 bits per heavy atom. The van der Waals surface area contributed by atoms with Crippen molar-refractivity contribution in [2.45, 2.75) is 13.0 Å². The van der Waals surface area contributed by atoms with Gasteiger partial charge in [-0.1, -0.05) is 29.3 Å². The van der Waals surface area contributed by atoms with Crippen molar-refractivity contribution < 1.29 is 5.11 Å². The minimum absolute atomic E-state index is 0.404. The fourth-order valence-electron chi connectivity index (χ4n) is 2.53. The number of aromatic nitrogens is 3. The second-order valence-electron chi connectivity index (χ2n) is 5.37. The first kappa shape index (κ1) is 16.0. The van der Waals surface area contributed by atoms with E-state index in [4.69, 9.17) is 23.2 Å². The van der Waals surface area contributed by atoms with E-state index in [-0.39, 0.29) is 0 Å². The molecule has 6 heteroatoms. The van der Waals surface area contributed by atoms with Crippen molar-refractivity contribution in [3.05, 3.63) is 69.7 Å². The molecule has 0 aliphatic rings. The van der Waals surface area contributed by atoms with Crippen LogP contribution in [0.15, 0.2) is 42.9 Å². The highest BCUT2D eigenvalue weighted by atomic mass is 35.5. The van der Waals surface area contributed by atoms with Crippen LogP contribution in [-0.4, -0.2) is 19.9 Å². The van der Waals surface area contributed by atoms with E-state index in [0.717, 1.165) is 16.7 Å². The van der Waals surface area contributed by atoms with E-state index in [0.29, 0.717) is 21.3 Å². The molecule has 118 valence electrons. The second kappa shape index (κ2) is 6.32. The van der Waals surface area contributed by atoms with Gasteiger partial charge in [-0.2, -0.15) is 5.10 Å². The Hall–Kier alpha value is -1.88. The number of pyridine rings is 1. The van der Waals surface area contributed by atoms with E-state index in [1.165, 1.54) is 0 Å². The molecule has 4 nitrogen and oxygen atoms in total. The van der Waals surface area contributed by atoms with Crippen LogP contribution in [0.25, 0.3) is 11.1 Å². The molecule has 1 atom stereocenters. The summed E-state index contributed by atoms with van der Waals surface area (Å²) >= 11 is 12.0. The maximum absolute atomic E-state index is 10.8. The molecule has 1 unspecified atom stereocenters. The lowest BCUT2D eigenvalue weighted by atomic mass is 9.98. The van der Waals surface area contributed by atoms with Crippen molar-refractivity contribution in [1.29, 1.82) is 0 Å². The first-order valence-corrected chi connectivity index (χ1v) is 7.80. The first-order valence-electron chi connectivity index (χ1n) is 7.05. The number of aliphatic hydroxyl groups is 1. The van der Waals surface area contributed by atoms with Crippen LogP contribution in [0.4, 0.5) is 0 Å². The number of benzene rings is 1. The van der Waals surface area contributed by atoms with Gasteiger partial charge in [-0.15, -0.1) is 0 Å². The fraction of sp³-hybridized carbons (Fsp3) is 0.176. The van der Waals surface area contributed by atoms with Crippen molar-refractivity contribution in [2.75, 3.05) is 0 Å². The van der Waals surface area contributed by atoms with Gasteiger partial charge in [0.05, 0.1) is 10.0 Å². The molecule has 3 aromatic rings. The second-order valence-corrected chi connectivity index (χ2v) is 6.18. The molecule has 0 saturated heterocycles. The van der Waals surface area contributed by atoms with Gasteiger partial charge in [0.1, 0.15) is 11.8 Å². The number of rotatable bonds is 3. The molecule has 0 radical (unpaired) electrons. The van der Waals surface area contributed by atoms with Crippen LogP contribution in [0.2, 0.25) is 10.0 Å². The smallest absolute Gasteiger partial charge is 0.123 e. The molecule has 2 heterocycles. The SMILES string of the molecule is Cc1cnccc1-c1cn(C)nc1C(O)c1ccc(Cl)c(Cl)c1. The highest BCUT2D eigenvalue weighted by Crippen LogP contribution is 2.34. The van der Waals surface area contributed by atoms with Gasteiger partial charge in [-0.25, -0.2) is 0 Å². The number of hydrogen-bond acceptors (Lipinski definition) is 3. The zero-order valence-corrected chi connectivity index (χ0v) is 14.2. The van der Waals surface area contributed by atoms with E-state index in [2.05, 4.69) is 10.1 Å². The Labute approximate surface area is 144 Å². The third-order valence-corrected chi connectivity index (χ3v) is 4.43. The fourth-order valence-corrected chi connectivity index (χ4v) is 2.84. The van der Waals surface area contributed by atoms with E-state index in [9.17, 15) is 5.11 Å². The van der Waals surface area contributed by atoms with Gasteiger partial charge < -0.3 is 5.11 Å². The van der Waals surface area contributed by atoms with Crippen LogP contribution in [0.1, 0.15) is 22.9 Å². The lowest BCUT2D eigenvalue weighted by molar-refractivity contribution is 0.215. The largest absolute Gasteiger partial charge is 0.382 e. The van der Waals surface area contributed by atoms with E-state index >= 15 is 0 Å². The number of aryl methyl sites for hydroxylation is 2. The summed E-state index contributed by atoms with van der Waals surface area (Å²) in [4.78, 5) is 4.11. The lowest BCUT2D eigenvalue weighted by Crippen LogP contribution is -2.03. The van der Waals surface area contributed by atoms with Crippen LogP contribution >= 0.6 is 23.2 Å². The molecular weight excluding hydrogens is 333 g/mol. The van der Waals surface area contributed by atoms with Crippen molar-refractivity contribution in [3.8, 4) is 11.1 Å². The van der Waals surface area contributed by atoms with Crippen molar-refractivity contribution >= 4 is 23.2 Å². The summed E-state index contributed by atoms with van der Waals surface area (Å²) in [5.74, 6) is 0. The summed E-state index contributed by atoms with van der Waals surface area (Å²) in [6.07, 6.45) is 4.51. The summed E-state index contributed by atoms with van der Waals surface area (Å²) in [6.45, 7) is 1.98. The molecule has 0 fully saturated rings. The molecule has 0 saturated carbocycles. The number of hydrogen-bond donors (Lipinski definition) is 1. The Bertz CT molecular complexity index is 861. The summed E-state index contributed by atoms with van der Waals surface area (Å²) in [5, 5.41) is 16.0. The van der Waals surface area contributed by atoms with Crippen molar-refractivity contribution in [2.24, 2.45) is 7.05 Å². The van der Waals surface area contributed by atoms with Crippen LogP contribution in [0.5, 0.6) is 0 Å². The van der Waals surface area contributed by atoms with Gasteiger partial charge >= 0.3 is 0 Å². The van der Waals surface area contributed by atoms with E-state index < -0.39 is 6.10 Å². The molecule has 2 aromatic heterocycles. The number of halogens is 2. The summed E-state index contributed by atoms with van der Waals surface area (Å²) in [7, 11) is 1.82. The van der Waals surface area contributed by atoms with Gasteiger partial charge in [-0.3, -0.25) is 9.67 Å². The third kappa shape index (κ3) is 3.11. The average molecular weight is 348 g/mol. The molecule has 0 bridgehead atoms. The molecule has 0 aliphatic heterocycles. The molecule has 23 heavy (non-hydrogen) atoms. The summed E-state index contributed by atoms with van der Waals surface area (Å²) in [6, 6.07) is 6.99. The maximum atomic E-state index is 10.8. The van der Waals surface area contributed by atoms with E-state index in [1.807, 2.05) is 26.2 Å². The van der Waals surface area contributed by atoms with Gasteiger partial charge in [0.2, 0.25) is 0 Å². The highest BCUT2D eigenvalue weighted by molar-refractivity contribution is 6.42. The summed E-state index contributed by atoms with van der Waals surface area (Å²) in [5.41, 5.74) is 4.09. The van der Waals surface area contributed by atoms with Gasteiger partial charge in [0.25, 0.3) is 0 Å². The van der Waals surface area contributed by atoms with E-state index in [1.54, 1.807) is 35.3 Å². The Balaban J connectivity index is 2.10. The number of aliphatic hydroxyl groups excluding tert-OH is 1. The van der Waals surface area contributed by atoms with Crippen LogP contribution in [0, 0.1) is 6.92 Å². The normalized spacial score (nSPS) is 12.4. The van der Waals surface area contributed by atoms with Gasteiger partial charge in [-0.05, 0) is 41.8 Å². The molecule has 0 amide bonds. The summed E-state index contributed by atoms with van der Waals surface area (Å²) < 4.78 is 1.69. The molecule has 0 aliphatic carbocycles. The van der Waals surface area contributed by atoms with Crippen LogP contribution < -0.4 is 0 Å². The highest BCUT2D eigenvalue weighted by Gasteiger charge is 2.21. The predicted octanol–water partition coefficient (Wildman–Crippen LogP) is 4.18. The van der Waals surface area contributed by atoms with Gasteiger partial charge in [0, 0.05) is 31.2 Å². The maximum Gasteiger partial charge on any atom is 0.123 e.